The van der Waals surface area contributed by atoms with Crippen LogP contribution in [0.3, 0.4) is 0 Å². The number of fused-ring (bicyclic) bond motifs is 2. The van der Waals surface area contributed by atoms with E-state index >= 15 is 0 Å². The molecule has 2 fully saturated rings. The first kappa shape index (κ1) is 17.6. The van der Waals surface area contributed by atoms with Crippen molar-refractivity contribution >= 4 is 17.7 Å². The number of hydrogen-bond donors (Lipinski definition) is 2. The summed E-state index contributed by atoms with van der Waals surface area (Å²) in [6.07, 6.45) is 5.41. The van der Waals surface area contributed by atoms with E-state index in [1.54, 1.807) is 0 Å². The summed E-state index contributed by atoms with van der Waals surface area (Å²) >= 11 is 1.38. The number of rotatable bonds is 6. The molecule has 2 aliphatic rings. The molecule has 1 aromatic heterocycles. The second-order valence-electron chi connectivity index (χ2n) is 7.82. The van der Waals surface area contributed by atoms with Crippen LogP contribution in [0.4, 0.5) is 0 Å². The Kier molecular flexibility index (Phi) is 5.02. The topological polar surface area (TPSA) is 70.7 Å². The van der Waals surface area contributed by atoms with Crippen molar-refractivity contribution in [3.63, 3.8) is 0 Å². The molecule has 4 atom stereocenters. The first-order valence-electron chi connectivity index (χ1n) is 9.50. The second-order valence-corrected chi connectivity index (χ2v) is 8.76. The van der Waals surface area contributed by atoms with Crippen LogP contribution in [0, 0.1) is 24.7 Å². The van der Waals surface area contributed by atoms with Crippen molar-refractivity contribution in [2.75, 3.05) is 5.75 Å². The third kappa shape index (κ3) is 3.80. The largest absolute Gasteiger partial charge is 0.353 e. The molecule has 4 rings (SSSR count). The fraction of sp³-hybridized carbons (Fsp3) is 0.550. The standard InChI is InChI=1S/C20H26N4OS/c1-12-3-6-15(7-4-12)19-22-20(24-23-19)26-11-18(25)21-13(2)17-10-14-5-8-16(17)9-14/h3-4,6-7,13-14,16-17H,5,8-11H2,1-2H3,(H,21,25)(H,22,23,24). The van der Waals surface area contributed by atoms with E-state index in [1.165, 1.54) is 43.0 Å². The van der Waals surface area contributed by atoms with Gasteiger partial charge in [-0.3, -0.25) is 9.89 Å². The van der Waals surface area contributed by atoms with Crippen molar-refractivity contribution in [2.45, 2.75) is 50.7 Å². The highest BCUT2D eigenvalue weighted by Crippen LogP contribution is 2.49. The van der Waals surface area contributed by atoms with Gasteiger partial charge in [0, 0.05) is 11.6 Å². The minimum Gasteiger partial charge on any atom is -0.353 e. The minimum atomic E-state index is 0.0759. The highest BCUT2D eigenvalue weighted by Gasteiger charge is 2.42. The van der Waals surface area contributed by atoms with E-state index in [4.69, 9.17) is 0 Å². The Labute approximate surface area is 158 Å². The Morgan fingerprint density at radius 3 is 2.81 bits per heavy atom. The van der Waals surface area contributed by atoms with Crippen molar-refractivity contribution in [1.29, 1.82) is 0 Å². The summed E-state index contributed by atoms with van der Waals surface area (Å²) in [5, 5.41) is 11.0. The number of aryl methyl sites for hydroxylation is 1. The Bertz CT molecular complexity index is 772. The van der Waals surface area contributed by atoms with E-state index in [-0.39, 0.29) is 11.9 Å². The van der Waals surface area contributed by atoms with Crippen LogP contribution in [0.25, 0.3) is 11.4 Å². The summed E-state index contributed by atoms with van der Waals surface area (Å²) in [6, 6.07) is 8.42. The molecule has 26 heavy (non-hydrogen) atoms. The van der Waals surface area contributed by atoms with Gasteiger partial charge in [-0.15, -0.1) is 5.10 Å². The lowest BCUT2D eigenvalue weighted by Gasteiger charge is -2.28. The molecule has 138 valence electrons. The lowest BCUT2D eigenvalue weighted by molar-refractivity contribution is -0.119. The molecule has 4 unspecified atom stereocenters. The molecule has 0 aliphatic heterocycles. The molecule has 5 nitrogen and oxygen atoms in total. The summed E-state index contributed by atoms with van der Waals surface area (Å²) < 4.78 is 0. The quantitative estimate of drug-likeness (QED) is 0.759. The molecule has 2 saturated carbocycles. The van der Waals surface area contributed by atoms with Gasteiger partial charge in [-0.2, -0.15) is 0 Å². The number of amides is 1. The first-order chi connectivity index (χ1) is 12.6. The van der Waals surface area contributed by atoms with E-state index in [2.05, 4.69) is 46.5 Å². The SMILES string of the molecule is Cc1ccc(-c2nc(SCC(=O)NC(C)C3CC4CCC3C4)n[nH]2)cc1. The van der Waals surface area contributed by atoms with Gasteiger partial charge >= 0.3 is 0 Å². The van der Waals surface area contributed by atoms with E-state index in [9.17, 15) is 4.79 Å². The average Bonchev–Trinajstić information content (AvgIpc) is 3.37. The van der Waals surface area contributed by atoms with Crippen LogP contribution in [0.1, 0.15) is 38.2 Å². The van der Waals surface area contributed by atoms with Gasteiger partial charge in [0.05, 0.1) is 5.75 Å². The number of nitrogens with zero attached hydrogens (tertiary/aromatic N) is 2. The van der Waals surface area contributed by atoms with E-state index in [0.717, 1.165) is 23.2 Å². The third-order valence-electron chi connectivity index (χ3n) is 5.95. The molecule has 0 radical (unpaired) electrons. The summed E-state index contributed by atoms with van der Waals surface area (Å²) in [6.45, 7) is 4.22. The Morgan fingerprint density at radius 2 is 2.12 bits per heavy atom. The van der Waals surface area contributed by atoms with Crippen LogP contribution < -0.4 is 5.32 Å². The van der Waals surface area contributed by atoms with E-state index in [1.807, 2.05) is 12.1 Å². The van der Waals surface area contributed by atoms with Gasteiger partial charge in [0.25, 0.3) is 0 Å². The normalized spacial score (nSPS) is 25.4. The van der Waals surface area contributed by atoms with Crippen LogP contribution in [0.2, 0.25) is 0 Å². The highest BCUT2D eigenvalue weighted by atomic mass is 32.2. The van der Waals surface area contributed by atoms with Crippen LogP contribution in [-0.2, 0) is 4.79 Å². The van der Waals surface area contributed by atoms with Crippen LogP contribution in [0.15, 0.2) is 29.4 Å². The maximum atomic E-state index is 12.3. The highest BCUT2D eigenvalue weighted by molar-refractivity contribution is 7.99. The molecule has 2 N–H and O–H groups in total. The smallest absolute Gasteiger partial charge is 0.230 e. The number of carbonyl (C=O) groups excluding carboxylic acids is 1. The first-order valence-corrected chi connectivity index (χ1v) is 10.5. The van der Waals surface area contributed by atoms with Gasteiger partial charge < -0.3 is 5.32 Å². The monoisotopic (exact) mass is 370 g/mol. The molecule has 6 heteroatoms. The second kappa shape index (κ2) is 7.43. The van der Waals surface area contributed by atoms with E-state index in [0.29, 0.717) is 16.8 Å². The van der Waals surface area contributed by atoms with Gasteiger partial charge in [-0.05, 0) is 50.9 Å². The van der Waals surface area contributed by atoms with Crippen molar-refractivity contribution in [3.8, 4) is 11.4 Å². The van der Waals surface area contributed by atoms with Crippen molar-refractivity contribution < 1.29 is 4.79 Å². The van der Waals surface area contributed by atoms with Gasteiger partial charge in [-0.25, -0.2) is 4.98 Å². The summed E-state index contributed by atoms with van der Waals surface area (Å²) in [5.74, 6) is 3.57. The molecule has 2 aromatic rings. The van der Waals surface area contributed by atoms with Crippen molar-refractivity contribution in [2.24, 2.45) is 17.8 Å². The molecular weight excluding hydrogens is 344 g/mol. The van der Waals surface area contributed by atoms with Gasteiger partial charge in [0.1, 0.15) is 0 Å². The molecule has 1 aromatic carbocycles. The van der Waals surface area contributed by atoms with Crippen molar-refractivity contribution in [3.05, 3.63) is 29.8 Å². The van der Waals surface area contributed by atoms with Gasteiger partial charge in [0.2, 0.25) is 11.1 Å². The lowest BCUT2D eigenvalue weighted by Crippen LogP contribution is -2.40. The van der Waals surface area contributed by atoms with Gasteiger partial charge in [0.15, 0.2) is 5.82 Å². The fourth-order valence-electron chi connectivity index (χ4n) is 4.59. The molecule has 2 aliphatic carbocycles. The zero-order valence-electron chi connectivity index (χ0n) is 15.4. The van der Waals surface area contributed by atoms with Crippen LogP contribution in [-0.4, -0.2) is 32.9 Å². The predicted molar refractivity (Wildman–Crippen MR) is 104 cm³/mol. The summed E-state index contributed by atoms with van der Waals surface area (Å²) in [4.78, 5) is 16.8. The zero-order valence-corrected chi connectivity index (χ0v) is 16.2. The zero-order chi connectivity index (χ0) is 18.1. The number of H-pyrrole nitrogens is 1. The number of carbonyl (C=O) groups is 1. The van der Waals surface area contributed by atoms with Crippen LogP contribution >= 0.6 is 11.8 Å². The number of hydrogen-bond acceptors (Lipinski definition) is 4. The Hall–Kier alpha value is -1.82. The molecule has 2 bridgehead atoms. The molecule has 1 heterocycles. The Balaban J connectivity index is 1.27. The number of aromatic amines is 1. The fourth-order valence-corrected chi connectivity index (χ4v) is 5.20. The van der Waals surface area contributed by atoms with Gasteiger partial charge in [-0.1, -0.05) is 48.0 Å². The third-order valence-corrected chi connectivity index (χ3v) is 6.79. The summed E-state index contributed by atoms with van der Waals surface area (Å²) in [5.41, 5.74) is 2.22. The number of thioether (sulfide) groups is 1. The minimum absolute atomic E-state index is 0.0759. The maximum absolute atomic E-state index is 12.3. The Morgan fingerprint density at radius 1 is 1.31 bits per heavy atom. The van der Waals surface area contributed by atoms with E-state index < -0.39 is 0 Å². The predicted octanol–water partition coefficient (Wildman–Crippen LogP) is 3.81. The number of aromatic nitrogens is 3. The van der Waals surface area contributed by atoms with Crippen molar-refractivity contribution in [1.82, 2.24) is 20.5 Å². The number of nitrogens with one attached hydrogen (secondary N) is 2. The molecule has 0 spiro atoms. The average molecular weight is 371 g/mol. The molecular formula is C20H26N4OS. The molecule has 0 saturated heterocycles. The summed E-state index contributed by atoms with van der Waals surface area (Å²) in [7, 11) is 0. The lowest BCUT2D eigenvalue weighted by atomic mass is 9.84. The molecule has 1 amide bonds. The number of benzene rings is 1. The van der Waals surface area contributed by atoms with Crippen LogP contribution in [0.5, 0.6) is 0 Å². The maximum Gasteiger partial charge on any atom is 0.230 e.